The van der Waals surface area contributed by atoms with Crippen LogP contribution in [0.15, 0.2) is 12.2 Å². The Bertz CT molecular complexity index is 188. The van der Waals surface area contributed by atoms with Crippen molar-refractivity contribution in [1.29, 1.82) is 0 Å². The molecule has 0 heterocycles. The van der Waals surface area contributed by atoms with Gasteiger partial charge in [0.15, 0.2) is 0 Å². The molecule has 0 unspecified atom stereocenters. The minimum Gasteiger partial charge on any atom is -0.0885 e. The Morgan fingerprint density at radius 1 is 0.526 bits per heavy atom. The summed E-state index contributed by atoms with van der Waals surface area (Å²) in [5.74, 6) is 1.74. The molecule has 0 rings (SSSR count). The molecule has 0 aromatic carbocycles. The predicted octanol–water partition coefficient (Wildman–Crippen LogP) is 7.15. The minimum atomic E-state index is 0.848. The van der Waals surface area contributed by atoms with Gasteiger partial charge in [0.2, 0.25) is 0 Å². The molecule has 0 saturated heterocycles. The molecule has 0 aromatic heterocycles. The fourth-order valence-corrected chi connectivity index (χ4v) is 2.36. The van der Waals surface area contributed by atoms with Crippen LogP contribution in [-0.2, 0) is 0 Å². The van der Waals surface area contributed by atoms with Gasteiger partial charge in [0, 0.05) is 0 Å². The van der Waals surface area contributed by atoms with E-state index in [1.54, 1.807) is 0 Å². The van der Waals surface area contributed by atoms with Crippen LogP contribution in [0.3, 0.4) is 0 Å². The van der Waals surface area contributed by atoms with Crippen LogP contribution < -0.4 is 0 Å². The molecule has 0 radical (unpaired) electrons. The van der Waals surface area contributed by atoms with Gasteiger partial charge < -0.3 is 0 Å². The Balaban J connectivity index is 3.06. The first-order chi connectivity index (χ1) is 9.13. The lowest BCUT2D eigenvalue weighted by molar-refractivity contribution is 0.509. The van der Waals surface area contributed by atoms with Gasteiger partial charge in [-0.05, 0) is 37.5 Å². The second kappa shape index (κ2) is 14.2. The van der Waals surface area contributed by atoms with Crippen molar-refractivity contribution in [2.75, 3.05) is 0 Å². The molecular weight excluding hydrogens is 228 g/mol. The van der Waals surface area contributed by atoms with Crippen LogP contribution in [-0.4, -0.2) is 0 Å². The van der Waals surface area contributed by atoms with Crippen molar-refractivity contribution in [2.24, 2.45) is 11.8 Å². The molecule has 0 N–H and O–H groups in total. The van der Waals surface area contributed by atoms with Crippen molar-refractivity contribution in [3.05, 3.63) is 12.2 Å². The Hall–Kier alpha value is -0.260. The largest absolute Gasteiger partial charge is 0.0885 e. The predicted molar refractivity (Wildman–Crippen MR) is 89.6 cm³/mol. The zero-order valence-corrected chi connectivity index (χ0v) is 14.1. The van der Waals surface area contributed by atoms with Gasteiger partial charge in [0.05, 0.1) is 0 Å². The van der Waals surface area contributed by atoms with Gasteiger partial charge in [-0.25, -0.2) is 0 Å². The third-order valence-electron chi connectivity index (χ3n) is 3.73. The fourth-order valence-electron chi connectivity index (χ4n) is 2.36. The summed E-state index contributed by atoms with van der Waals surface area (Å²) in [5.41, 5.74) is 0. The first-order valence-electron chi connectivity index (χ1n) is 8.78. The van der Waals surface area contributed by atoms with Crippen LogP contribution in [0.2, 0.25) is 0 Å². The Morgan fingerprint density at radius 2 is 1.00 bits per heavy atom. The molecule has 0 atom stereocenters. The van der Waals surface area contributed by atoms with Crippen LogP contribution >= 0.6 is 0 Å². The minimum absolute atomic E-state index is 0.848. The van der Waals surface area contributed by atoms with Crippen LogP contribution in [0.25, 0.3) is 0 Å². The van der Waals surface area contributed by atoms with Crippen molar-refractivity contribution >= 4 is 0 Å². The molecular formula is C19H38. The summed E-state index contributed by atoms with van der Waals surface area (Å²) in [7, 11) is 0. The zero-order valence-electron chi connectivity index (χ0n) is 14.1. The van der Waals surface area contributed by atoms with E-state index >= 15 is 0 Å². The average Bonchev–Trinajstić information content (AvgIpc) is 2.34. The summed E-state index contributed by atoms with van der Waals surface area (Å²) >= 11 is 0. The number of hydrogen-bond donors (Lipinski definition) is 0. The molecule has 0 aliphatic heterocycles. The van der Waals surface area contributed by atoms with Crippen LogP contribution in [0.1, 0.15) is 98.3 Å². The molecule has 0 aromatic rings. The second-order valence-electron chi connectivity index (χ2n) is 6.89. The summed E-state index contributed by atoms with van der Waals surface area (Å²) < 4.78 is 0. The van der Waals surface area contributed by atoms with E-state index in [0.717, 1.165) is 11.8 Å². The quantitative estimate of drug-likeness (QED) is 0.245. The van der Waals surface area contributed by atoms with Gasteiger partial charge in [-0.15, -0.1) is 0 Å². The smallest absolute Gasteiger partial charge is 0.0348 e. The monoisotopic (exact) mass is 266 g/mol. The van der Waals surface area contributed by atoms with Crippen molar-refractivity contribution in [2.45, 2.75) is 98.3 Å². The summed E-state index contributed by atoms with van der Waals surface area (Å²) in [6.07, 6.45) is 20.2. The van der Waals surface area contributed by atoms with Crippen molar-refractivity contribution < 1.29 is 0 Å². The fraction of sp³-hybridized carbons (Fsp3) is 0.895. The molecule has 0 spiro atoms. The molecule has 19 heavy (non-hydrogen) atoms. The van der Waals surface area contributed by atoms with Gasteiger partial charge in [-0.2, -0.15) is 0 Å². The van der Waals surface area contributed by atoms with E-state index in [1.807, 2.05) is 0 Å². The highest BCUT2D eigenvalue weighted by Crippen LogP contribution is 2.12. The highest BCUT2D eigenvalue weighted by atomic mass is 14.0. The number of hydrogen-bond acceptors (Lipinski definition) is 0. The van der Waals surface area contributed by atoms with E-state index in [9.17, 15) is 0 Å². The van der Waals surface area contributed by atoms with Crippen LogP contribution in [0.4, 0.5) is 0 Å². The molecule has 0 aliphatic rings. The number of allylic oxidation sites excluding steroid dienone is 2. The molecule has 0 fully saturated rings. The molecule has 0 saturated carbocycles. The highest BCUT2D eigenvalue weighted by molar-refractivity contribution is 4.81. The third-order valence-corrected chi connectivity index (χ3v) is 3.73. The highest BCUT2D eigenvalue weighted by Gasteiger charge is 1.95. The SMILES string of the molecule is CC(C)CC/C=C/CCCCCCCCCC(C)C. The standard InChI is InChI=1S/C19H38/c1-18(2)16-14-12-10-8-6-5-7-9-11-13-15-17-19(3)4/h10,12,18-19H,5-9,11,13-17H2,1-4H3/b12-10+. The van der Waals surface area contributed by atoms with Gasteiger partial charge >= 0.3 is 0 Å². The van der Waals surface area contributed by atoms with E-state index in [-0.39, 0.29) is 0 Å². The van der Waals surface area contributed by atoms with Crippen molar-refractivity contribution in [1.82, 2.24) is 0 Å². The van der Waals surface area contributed by atoms with E-state index in [0.29, 0.717) is 0 Å². The molecule has 114 valence electrons. The summed E-state index contributed by atoms with van der Waals surface area (Å²) in [6.45, 7) is 9.26. The van der Waals surface area contributed by atoms with Crippen molar-refractivity contribution in [3.8, 4) is 0 Å². The lowest BCUT2D eigenvalue weighted by atomic mass is 10.0. The third kappa shape index (κ3) is 17.7. The molecule has 0 nitrogen and oxygen atoms in total. The Kier molecular flexibility index (Phi) is 14.0. The summed E-state index contributed by atoms with van der Waals surface area (Å²) in [5, 5.41) is 0. The first-order valence-corrected chi connectivity index (χ1v) is 8.78. The van der Waals surface area contributed by atoms with Crippen LogP contribution in [0, 0.1) is 11.8 Å². The molecule has 0 aliphatic carbocycles. The van der Waals surface area contributed by atoms with Gasteiger partial charge in [-0.1, -0.05) is 84.8 Å². The average molecular weight is 267 g/mol. The second-order valence-corrected chi connectivity index (χ2v) is 6.89. The number of unbranched alkanes of at least 4 members (excludes halogenated alkanes) is 7. The Morgan fingerprint density at radius 3 is 1.58 bits per heavy atom. The van der Waals surface area contributed by atoms with Gasteiger partial charge in [-0.3, -0.25) is 0 Å². The molecule has 0 bridgehead atoms. The Labute approximate surface area is 123 Å². The zero-order chi connectivity index (χ0) is 14.3. The van der Waals surface area contributed by atoms with Gasteiger partial charge in [0.1, 0.15) is 0 Å². The maximum absolute atomic E-state index is 2.39. The van der Waals surface area contributed by atoms with E-state index < -0.39 is 0 Å². The maximum Gasteiger partial charge on any atom is -0.0348 e. The molecule has 0 amide bonds. The topological polar surface area (TPSA) is 0 Å². The maximum atomic E-state index is 2.39. The van der Waals surface area contributed by atoms with E-state index in [1.165, 1.54) is 70.6 Å². The lowest BCUT2D eigenvalue weighted by Gasteiger charge is -2.04. The van der Waals surface area contributed by atoms with Crippen molar-refractivity contribution in [3.63, 3.8) is 0 Å². The number of rotatable bonds is 13. The first kappa shape index (κ1) is 18.7. The van der Waals surface area contributed by atoms with Gasteiger partial charge in [0.25, 0.3) is 0 Å². The lowest BCUT2D eigenvalue weighted by Crippen LogP contribution is -1.87. The van der Waals surface area contributed by atoms with Crippen LogP contribution in [0.5, 0.6) is 0 Å². The van der Waals surface area contributed by atoms with E-state index in [2.05, 4.69) is 39.8 Å². The summed E-state index contributed by atoms with van der Waals surface area (Å²) in [4.78, 5) is 0. The molecule has 0 heteroatoms. The summed E-state index contributed by atoms with van der Waals surface area (Å²) in [6, 6.07) is 0. The van der Waals surface area contributed by atoms with E-state index in [4.69, 9.17) is 0 Å². The normalized spacial score (nSPS) is 12.1.